The lowest BCUT2D eigenvalue weighted by Gasteiger charge is -2.38. The lowest BCUT2D eigenvalue weighted by molar-refractivity contribution is 0.146. The van der Waals surface area contributed by atoms with Crippen molar-refractivity contribution in [3.05, 3.63) is 23.8 Å². The van der Waals surface area contributed by atoms with Crippen LogP contribution in [-0.2, 0) is 0 Å². The molecule has 3 aliphatic heterocycles. The van der Waals surface area contributed by atoms with Crippen molar-refractivity contribution in [2.45, 2.75) is 24.8 Å². The van der Waals surface area contributed by atoms with E-state index < -0.39 is 6.09 Å². The van der Waals surface area contributed by atoms with Crippen LogP contribution in [0.4, 0.5) is 16.2 Å². The van der Waals surface area contributed by atoms with E-state index in [1.165, 1.54) is 16.9 Å². The number of hydrogen-bond donors (Lipinski definition) is 1. The van der Waals surface area contributed by atoms with Crippen LogP contribution >= 0.6 is 0 Å². The van der Waals surface area contributed by atoms with Crippen LogP contribution in [0.5, 0.6) is 0 Å². The first kappa shape index (κ1) is 12.8. The smallest absolute Gasteiger partial charge is 0.407 e. The Morgan fingerprint density at radius 3 is 2.81 bits per heavy atom. The van der Waals surface area contributed by atoms with Gasteiger partial charge in [-0.2, -0.15) is 0 Å². The van der Waals surface area contributed by atoms with Gasteiger partial charge in [0, 0.05) is 45.2 Å². The van der Waals surface area contributed by atoms with E-state index in [2.05, 4.69) is 35.0 Å². The Morgan fingerprint density at radius 2 is 2.00 bits per heavy atom. The molecule has 1 unspecified atom stereocenters. The molecule has 0 radical (unpaired) electrons. The molecule has 0 bridgehead atoms. The van der Waals surface area contributed by atoms with E-state index in [-0.39, 0.29) is 0 Å². The first-order valence-electron chi connectivity index (χ1n) is 7.75. The van der Waals surface area contributed by atoms with Crippen LogP contribution in [0, 0.1) is 0 Å². The normalized spacial score (nSPS) is 27.2. The summed E-state index contributed by atoms with van der Waals surface area (Å²) in [5.41, 5.74) is 4.17. The molecule has 5 nitrogen and oxygen atoms in total. The van der Waals surface area contributed by atoms with Crippen molar-refractivity contribution in [3.8, 4) is 0 Å². The number of likely N-dealkylation sites (N-methyl/N-ethyl adjacent to an activating group) is 1. The first-order chi connectivity index (χ1) is 10.2. The predicted molar refractivity (Wildman–Crippen MR) is 82.4 cm³/mol. The zero-order valence-electron chi connectivity index (χ0n) is 12.3. The van der Waals surface area contributed by atoms with Crippen molar-refractivity contribution in [3.63, 3.8) is 0 Å². The molecule has 1 N–H and O–H groups in total. The highest BCUT2D eigenvalue weighted by Gasteiger charge is 2.43. The number of carboxylic acid groups (broad SMARTS) is 1. The maximum atomic E-state index is 11.2. The van der Waals surface area contributed by atoms with Crippen LogP contribution in [0.15, 0.2) is 18.2 Å². The Bertz CT molecular complexity index is 589. The molecular weight excluding hydrogens is 266 g/mol. The van der Waals surface area contributed by atoms with Crippen LogP contribution in [0.1, 0.15) is 24.3 Å². The number of benzene rings is 1. The number of carbonyl (C=O) groups is 1. The summed E-state index contributed by atoms with van der Waals surface area (Å²) in [5.74, 6) is 0.482. The molecular formula is C16H21N3O2. The zero-order chi connectivity index (χ0) is 14.6. The number of amides is 1. The van der Waals surface area contributed by atoms with Gasteiger partial charge in [0.05, 0.1) is 11.4 Å². The van der Waals surface area contributed by atoms with Crippen molar-refractivity contribution >= 4 is 17.5 Å². The average Bonchev–Trinajstić information content (AvgIpc) is 2.65. The molecule has 3 aliphatic rings. The Balaban J connectivity index is 1.73. The second kappa shape index (κ2) is 4.55. The van der Waals surface area contributed by atoms with E-state index in [1.807, 2.05) is 0 Å². The fourth-order valence-electron chi connectivity index (χ4n) is 4.31. The number of hydrogen-bond acceptors (Lipinski definition) is 3. The minimum Gasteiger partial charge on any atom is -0.465 e. The molecule has 5 heteroatoms. The number of rotatable bonds is 0. The number of nitrogens with zero attached hydrogens (tertiary/aromatic N) is 3. The van der Waals surface area contributed by atoms with Gasteiger partial charge >= 0.3 is 6.09 Å². The van der Waals surface area contributed by atoms with E-state index in [0.717, 1.165) is 25.9 Å². The summed E-state index contributed by atoms with van der Waals surface area (Å²) in [7, 11) is 2.16. The van der Waals surface area contributed by atoms with Crippen molar-refractivity contribution in [2.75, 3.05) is 43.0 Å². The summed E-state index contributed by atoms with van der Waals surface area (Å²) >= 11 is 0. The number of likely N-dealkylation sites (tertiary alicyclic amines) is 1. The Kier molecular flexibility index (Phi) is 2.77. The molecule has 1 saturated heterocycles. The maximum absolute atomic E-state index is 11.2. The molecule has 1 aromatic rings. The van der Waals surface area contributed by atoms with Gasteiger partial charge in [-0.05, 0) is 24.5 Å². The second-order valence-corrected chi connectivity index (χ2v) is 6.35. The lowest BCUT2D eigenvalue weighted by atomic mass is 9.91. The molecule has 0 saturated carbocycles. The monoisotopic (exact) mass is 287 g/mol. The highest BCUT2D eigenvalue weighted by Crippen LogP contribution is 2.50. The van der Waals surface area contributed by atoms with Gasteiger partial charge in [0.1, 0.15) is 0 Å². The third-order valence-electron chi connectivity index (χ3n) is 5.36. The van der Waals surface area contributed by atoms with Gasteiger partial charge in [0.15, 0.2) is 0 Å². The number of fused-ring (bicyclic) bond motifs is 3. The molecule has 0 spiro atoms. The van der Waals surface area contributed by atoms with E-state index in [9.17, 15) is 9.90 Å². The summed E-state index contributed by atoms with van der Waals surface area (Å²) in [6, 6.07) is 7.07. The number of anilines is 2. The van der Waals surface area contributed by atoms with Crippen LogP contribution in [-0.4, -0.2) is 55.4 Å². The molecule has 3 heterocycles. The van der Waals surface area contributed by atoms with Gasteiger partial charge in [-0.1, -0.05) is 12.1 Å². The van der Waals surface area contributed by atoms with Crippen molar-refractivity contribution in [1.29, 1.82) is 0 Å². The van der Waals surface area contributed by atoms with Gasteiger partial charge < -0.3 is 19.8 Å². The summed E-state index contributed by atoms with van der Waals surface area (Å²) in [6.07, 6.45) is 1.10. The van der Waals surface area contributed by atoms with Gasteiger partial charge in [-0.25, -0.2) is 4.79 Å². The van der Waals surface area contributed by atoms with E-state index in [0.29, 0.717) is 25.0 Å². The van der Waals surface area contributed by atoms with Gasteiger partial charge in [-0.15, -0.1) is 0 Å². The van der Waals surface area contributed by atoms with Gasteiger partial charge in [0.25, 0.3) is 0 Å². The molecule has 1 fully saturated rings. The fraction of sp³-hybridized carbons (Fsp3) is 0.562. The molecule has 2 atom stereocenters. The maximum Gasteiger partial charge on any atom is 0.407 e. The van der Waals surface area contributed by atoms with E-state index in [4.69, 9.17) is 0 Å². The van der Waals surface area contributed by atoms with E-state index >= 15 is 0 Å². The molecule has 0 aliphatic carbocycles. The zero-order valence-corrected chi connectivity index (χ0v) is 12.3. The minimum atomic E-state index is -0.776. The summed E-state index contributed by atoms with van der Waals surface area (Å²) in [6.45, 7) is 3.41. The topological polar surface area (TPSA) is 47.0 Å². The molecule has 1 aromatic carbocycles. The minimum absolute atomic E-state index is 0.471. The standard InChI is InChI=1S/C16H21N3O2/c1-17-9-10-19-13-6-8-18(16(20)21)7-5-11(13)12-3-2-4-14(17)15(12)19/h2-4,11,13H,5-10H2,1H3,(H,20,21)/t11-,13?/m0/s1. The highest BCUT2D eigenvalue weighted by molar-refractivity contribution is 5.80. The first-order valence-corrected chi connectivity index (χ1v) is 7.75. The van der Waals surface area contributed by atoms with Gasteiger partial charge in [-0.3, -0.25) is 0 Å². The Labute approximate surface area is 124 Å². The van der Waals surface area contributed by atoms with Crippen molar-refractivity contribution in [2.24, 2.45) is 0 Å². The van der Waals surface area contributed by atoms with Crippen LogP contribution < -0.4 is 9.80 Å². The van der Waals surface area contributed by atoms with Crippen LogP contribution in [0.25, 0.3) is 0 Å². The highest BCUT2D eigenvalue weighted by atomic mass is 16.4. The lowest BCUT2D eigenvalue weighted by Crippen LogP contribution is -2.43. The second-order valence-electron chi connectivity index (χ2n) is 6.35. The summed E-state index contributed by atoms with van der Waals surface area (Å²) in [4.78, 5) is 17.7. The third kappa shape index (κ3) is 1.79. The predicted octanol–water partition coefficient (Wildman–Crippen LogP) is 2.18. The summed E-state index contributed by atoms with van der Waals surface area (Å²) in [5, 5.41) is 9.24. The SMILES string of the molecule is CN1CCN2c3c(cccc31)[C@@H]1CCN(C(=O)O)CCC12. The molecule has 1 amide bonds. The largest absolute Gasteiger partial charge is 0.465 e. The van der Waals surface area contributed by atoms with Gasteiger partial charge in [0.2, 0.25) is 0 Å². The van der Waals surface area contributed by atoms with Crippen LogP contribution in [0.2, 0.25) is 0 Å². The fourth-order valence-corrected chi connectivity index (χ4v) is 4.31. The summed E-state index contributed by atoms with van der Waals surface area (Å²) < 4.78 is 0. The van der Waals surface area contributed by atoms with Crippen molar-refractivity contribution in [1.82, 2.24) is 4.90 Å². The van der Waals surface area contributed by atoms with Crippen LogP contribution in [0.3, 0.4) is 0 Å². The average molecular weight is 287 g/mol. The molecule has 21 heavy (non-hydrogen) atoms. The Morgan fingerprint density at radius 1 is 1.19 bits per heavy atom. The molecule has 0 aromatic heterocycles. The van der Waals surface area contributed by atoms with Crippen molar-refractivity contribution < 1.29 is 9.90 Å². The van der Waals surface area contributed by atoms with E-state index in [1.54, 1.807) is 4.90 Å². The molecule has 112 valence electrons. The quantitative estimate of drug-likeness (QED) is 0.794. The molecule has 4 rings (SSSR count). The Hall–Kier alpha value is -1.91. The third-order valence-corrected chi connectivity index (χ3v) is 5.36. The number of para-hydroxylation sites is 1.